The second-order valence-corrected chi connectivity index (χ2v) is 7.03. The number of nitrogens with zero attached hydrogens (tertiary/aromatic N) is 1. The molecule has 102 valence electrons. The molecule has 2 heteroatoms. The van der Waals surface area contributed by atoms with E-state index in [4.69, 9.17) is 0 Å². The monoisotopic (exact) mass is 257 g/mol. The first-order valence-electron chi connectivity index (χ1n) is 7.37. The lowest BCUT2D eigenvalue weighted by Gasteiger charge is -2.33. The molecular weight excluding hydrogens is 234 g/mol. The maximum Gasteiger partial charge on any atom is 0.230 e. The summed E-state index contributed by atoms with van der Waals surface area (Å²) in [7, 11) is 0. The Balaban J connectivity index is 2.13. The second kappa shape index (κ2) is 4.36. The zero-order chi connectivity index (χ0) is 13.6. The molecule has 2 atom stereocenters. The number of amides is 1. The van der Waals surface area contributed by atoms with Gasteiger partial charge in [-0.15, -0.1) is 0 Å². The number of carbonyl (C=O) groups excluding carboxylic acids is 1. The lowest BCUT2D eigenvalue weighted by atomic mass is 9.74. The third kappa shape index (κ3) is 2.07. The predicted octanol–water partition coefficient (Wildman–Crippen LogP) is 3.36. The van der Waals surface area contributed by atoms with Gasteiger partial charge in [0.25, 0.3) is 0 Å². The standard InChI is InChI=1S/C17H23NO/c1-17(2,3)15-14-9-5-4-7-12(14)11-13-8-6-10-18(13)16(15)19/h4-5,7,9,13,15H,6,8,10-11H2,1-3H3. The van der Waals surface area contributed by atoms with Gasteiger partial charge in [0.05, 0.1) is 5.92 Å². The van der Waals surface area contributed by atoms with Gasteiger partial charge < -0.3 is 4.90 Å². The van der Waals surface area contributed by atoms with E-state index in [1.54, 1.807) is 0 Å². The average Bonchev–Trinajstić information content (AvgIpc) is 2.73. The molecule has 1 aromatic rings. The summed E-state index contributed by atoms with van der Waals surface area (Å²) in [5, 5.41) is 0. The van der Waals surface area contributed by atoms with Crippen LogP contribution >= 0.6 is 0 Å². The van der Waals surface area contributed by atoms with E-state index in [9.17, 15) is 4.79 Å². The number of carbonyl (C=O) groups is 1. The van der Waals surface area contributed by atoms with Gasteiger partial charge in [0, 0.05) is 12.6 Å². The number of rotatable bonds is 0. The normalized spacial score (nSPS) is 26.9. The van der Waals surface area contributed by atoms with E-state index in [2.05, 4.69) is 49.9 Å². The Hall–Kier alpha value is -1.31. The average molecular weight is 257 g/mol. The van der Waals surface area contributed by atoms with Crippen LogP contribution < -0.4 is 0 Å². The zero-order valence-corrected chi connectivity index (χ0v) is 12.1. The van der Waals surface area contributed by atoms with Crippen molar-refractivity contribution in [3.8, 4) is 0 Å². The highest BCUT2D eigenvalue weighted by atomic mass is 16.2. The SMILES string of the molecule is CC(C)(C)C1C(=O)N2CCCC2Cc2ccccc21. The summed E-state index contributed by atoms with van der Waals surface area (Å²) >= 11 is 0. The largest absolute Gasteiger partial charge is 0.339 e. The molecule has 2 nitrogen and oxygen atoms in total. The Labute approximate surface area is 115 Å². The Kier molecular flexibility index (Phi) is 2.92. The maximum atomic E-state index is 13.0. The van der Waals surface area contributed by atoms with Crippen LogP contribution in [0.3, 0.4) is 0 Å². The molecule has 0 saturated carbocycles. The first kappa shape index (κ1) is 12.7. The third-order valence-electron chi connectivity index (χ3n) is 4.59. The van der Waals surface area contributed by atoms with E-state index < -0.39 is 0 Å². The van der Waals surface area contributed by atoms with Gasteiger partial charge in [-0.1, -0.05) is 45.0 Å². The summed E-state index contributed by atoms with van der Waals surface area (Å²) < 4.78 is 0. The second-order valence-electron chi connectivity index (χ2n) is 7.03. The van der Waals surface area contributed by atoms with Gasteiger partial charge in [0.15, 0.2) is 0 Å². The van der Waals surface area contributed by atoms with Crippen molar-refractivity contribution in [3.05, 3.63) is 35.4 Å². The van der Waals surface area contributed by atoms with Crippen molar-refractivity contribution in [3.63, 3.8) is 0 Å². The molecule has 2 aliphatic heterocycles. The Bertz CT molecular complexity index is 500. The molecule has 0 aromatic heterocycles. The van der Waals surface area contributed by atoms with Crippen LogP contribution in [0, 0.1) is 5.41 Å². The van der Waals surface area contributed by atoms with E-state index >= 15 is 0 Å². The van der Waals surface area contributed by atoms with Gasteiger partial charge in [0.1, 0.15) is 0 Å². The molecule has 19 heavy (non-hydrogen) atoms. The molecule has 1 amide bonds. The van der Waals surface area contributed by atoms with Crippen LogP contribution in [-0.2, 0) is 11.2 Å². The molecule has 2 aliphatic rings. The van der Waals surface area contributed by atoms with Gasteiger partial charge in [-0.25, -0.2) is 0 Å². The van der Waals surface area contributed by atoms with E-state index in [-0.39, 0.29) is 11.3 Å². The Morgan fingerprint density at radius 2 is 1.95 bits per heavy atom. The van der Waals surface area contributed by atoms with Crippen LogP contribution in [0.1, 0.15) is 50.7 Å². The number of fused-ring (bicyclic) bond motifs is 2. The van der Waals surface area contributed by atoms with Gasteiger partial charge in [-0.2, -0.15) is 0 Å². The molecular formula is C17H23NO. The number of benzene rings is 1. The molecule has 0 radical (unpaired) electrons. The summed E-state index contributed by atoms with van der Waals surface area (Å²) in [5.74, 6) is 0.353. The molecule has 0 N–H and O–H groups in total. The molecule has 0 spiro atoms. The first-order chi connectivity index (χ1) is 8.98. The van der Waals surface area contributed by atoms with Crippen LogP contribution in [0.2, 0.25) is 0 Å². The van der Waals surface area contributed by atoms with E-state index in [1.807, 2.05) is 0 Å². The highest BCUT2D eigenvalue weighted by Crippen LogP contribution is 2.42. The maximum absolute atomic E-state index is 13.0. The lowest BCUT2D eigenvalue weighted by molar-refractivity contribution is -0.135. The Morgan fingerprint density at radius 1 is 1.21 bits per heavy atom. The van der Waals surface area contributed by atoms with E-state index in [0.717, 1.165) is 25.8 Å². The molecule has 1 fully saturated rings. The van der Waals surface area contributed by atoms with Crippen molar-refractivity contribution in [2.45, 2.75) is 52.0 Å². The van der Waals surface area contributed by atoms with Crippen LogP contribution in [-0.4, -0.2) is 23.4 Å². The van der Waals surface area contributed by atoms with Crippen molar-refractivity contribution in [1.29, 1.82) is 0 Å². The van der Waals surface area contributed by atoms with Crippen molar-refractivity contribution >= 4 is 5.91 Å². The van der Waals surface area contributed by atoms with Gasteiger partial charge in [-0.3, -0.25) is 4.79 Å². The van der Waals surface area contributed by atoms with Crippen molar-refractivity contribution in [2.75, 3.05) is 6.54 Å². The fourth-order valence-electron chi connectivity index (χ4n) is 3.73. The molecule has 1 saturated heterocycles. The van der Waals surface area contributed by atoms with Crippen molar-refractivity contribution in [1.82, 2.24) is 4.90 Å². The van der Waals surface area contributed by atoms with Crippen LogP contribution in [0.4, 0.5) is 0 Å². The summed E-state index contributed by atoms with van der Waals surface area (Å²) in [6.07, 6.45) is 3.36. The summed E-state index contributed by atoms with van der Waals surface area (Å²) in [4.78, 5) is 15.1. The number of hydrogen-bond acceptors (Lipinski definition) is 1. The van der Waals surface area contributed by atoms with E-state index in [1.165, 1.54) is 11.1 Å². The highest BCUT2D eigenvalue weighted by Gasteiger charge is 2.42. The van der Waals surface area contributed by atoms with Crippen molar-refractivity contribution < 1.29 is 4.79 Å². The molecule has 0 bridgehead atoms. The van der Waals surface area contributed by atoms with Crippen LogP contribution in [0.15, 0.2) is 24.3 Å². The highest BCUT2D eigenvalue weighted by molar-refractivity contribution is 5.86. The molecule has 2 unspecified atom stereocenters. The predicted molar refractivity (Wildman–Crippen MR) is 77.1 cm³/mol. The zero-order valence-electron chi connectivity index (χ0n) is 12.1. The minimum absolute atomic E-state index is 0.00630. The third-order valence-corrected chi connectivity index (χ3v) is 4.59. The first-order valence-corrected chi connectivity index (χ1v) is 7.37. The Morgan fingerprint density at radius 3 is 2.68 bits per heavy atom. The molecule has 0 aliphatic carbocycles. The van der Waals surface area contributed by atoms with Gasteiger partial charge in [0.2, 0.25) is 5.91 Å². The van der Waals surface area contributed by atoms with Crippen LogP contribution in [0.5, 0.6) is 0 Å². The quantitative estimate of drug-likeness (QED) is 0.698. The van der Waals surface area contributed by atoms with Crippen molar-refractivity contribution in [2.24, 2.45) is 5.41 Å². The molecule has 2 heterocycles. The van der Waals surface area contributed by atoms with Gasteiger partial charge >= 0.3 is 0 Å². The summed E-state index contributed by atoms with van der Waals surface area (Å²) in [6, 6.07) is 8.98. The van der Waals surface area contributed by atoms with Crippen LogP contribution in [0.25, 0.3) is 0 Å². The lowest BCUT2D eigenvalue weighted by Crippen LogP contribution is -2.41. The fraction of sp³-hybridized carbons (Fsp3) is 0.588. The van der Waals surface area contributed by atoms with E-state index in [0.29, 0.717) is 11.9 Å². The topological polar surface area (TPSA) is 20.3 Å². The fourth-order valence-corrected chi connectivity index (χ4v) is 3.73. The smallest absolute Gasteiger partial charge is 0.230 e. The number of hydrogen-bond donors (Lipinski definition) is 0. The summed E-state index contributed by atoms with van der Waals surface area (Å²) in [5.41, 5.74) is 2.62. The minimum Gasteiger partial charge on any atom is -0.339 e. The summed E-state index contributed by atoms with van der Waals surface area (Å²) in [6.45, 7) is 7.50. The molecule has 3 rings (SSSR count). The molecule has 1 aromatic carbocycles. The van der Waals surface area contributed by atoms with Gasteiger partial charge in [-0.05, 0) is 35.8 Å². The minimum atomic E-state index is -0.0231.